The van der Waals surface area contributed by atoms with Crippen molar-refractivity contribution in [2.45, 2.75) is 53.4 Å². The average Bonchev–Trinajstić information content (AvgIpc) is 2.29. The van der Waals surface area contributed by atoms with Crippen LogP contribution in [0.2, 0.25) is 0 Å². The van der Waals surface area contributed by atoms with Crippen LogP contribution in [0.3, 0.4) is 0 Å². The van der Waals surface area contributed by atoms with E-state index in [1.54, 1.807) is 5.56 Å². The Labute approximate surface area is 118 Å². The van der Waals surface area contributed by atoms with Crippen LogP contribution in [0, 0.1) is 25.2 Å². The van der Waals surface area contributed by atoms with Gasteiger partial charge in [-0.25, -0.2) is 0 Å². The van der Waals surface area contributed by atoms with Crippen LogP contribution in [0.5, 0.6) is 0 Å². The minimum Gasteiger partial charge on any atom is -0.316 e. The number of nitrogens with one attached hydrogen (secondary N) is 1. The van der Waals surface area contributed by atoms with Crippen LogP contribution in [0.4, 0.5) is 0 Å². The van der Waals surface area contributed by atoms with Gasteiger partial charge in [0, 0.05) is 6.54 Å². The molecule has 0 atom stereocenters. The molecule has 1 aliphatic rings. The second-order valence-electron chi connectivity index (χ2n) is 6.93. The molecule has 1 aromatic carbocycles. The van der Waals surface area contributed by atoms with Crippen molar-refractivity contribution in [3.05, 3.63) is 34.9 Å². The maximum atomic E-state index is 3.69. The van der Waals surface area contributed by atoms with Crippen LogP contribution in [-0.4, -0.2) is 13.1 Å². The molecule has 0 aromatic heterocycles. The molecule has 0 spiro atoms. The first-order valence-electron chi connectivity index (χ1n) is 7.78. The monoisotopic (exact) mass is 259 g/mol. The van der Waals surface area contributed by atoms with Gasteiger partial charge in [-0.15, -0.1) is 0 Å². The molecular formula is C18H29N. The molecule has 1 saturated carbocycles. The Bertz CT molecular complexity index is 395. The number of rotatable bonds is 6. The highest BCUT2D eigenvalue weighted by Crippen LogP contribution is 2.44. The molecule has 0 bridgehead atoms. The minimum atomic E-state index is 0.533. The van der Waals surface area contributed by atoms with Gasteiger partial charge < -0.3 is 5.32 Å². The van der Waals surface area contributed by atoms with Gasteiger partial charge in [-0.1, -0.05) is 38.5 Å². The highest BCUT2D eigenvalue weighted by Gasteiger charge is 2.37. The Balaban J connectivity index is 2.02. The van der Waals surface area contributed by atoms with Crippen LogP contribution in [0.25, 0.3) is 0 Å². The first-order chi connectivity index (χ1) is 9.02. The first-order valence-corrected chi connectivity index (χ1v) is 7.78. The molecule has 0 radical (unpaired) electrons. The molecule has 1 nitrogen and oxygen atoms in total. The fourth-order valence-electron chi connectivity index (χ4n) is 3.22. The van der Waals surface area contributed by atoms with Crippen LogP contribution in [0.15, 0.2) is 18.2 Å². The Morgan fingerprint density at radius 2 is 1.79 bits per heavy atom. The van der Waals surface area contributed by atoms with Crippen molar-refractivity contribution >= 4 is 0 Å². The van der Waals surface area contributed by atoms with E-state index in [-0.39, 0.29) is 0 Å². The summed E-state index contributed by atoms with van der Waals surface area (Å²) in [7, 11) is 0. The third-order valence-corrected chi connectivity index (χ3v) is 4.66. The van der Waals surface area contributed by atoms with Crippen molar-refractivity contribution in [1.29, 1.82) is 0 Å². The molecule has 1 heteroatoms. The summed E-state index contributed by atoms with van der Waals surface area (Å²) in [6, 6.07) is 6.70. The zero-order chi connectivity index (χ0) is 13.9. The van der Waals surface area contributed by atoms with Gasteiger partial charge in [-0.3, -0.25) is 0 Å². The van der Waals surface area contributed by atoms with E-state index >= 15 is 0 Å². The third kappa shape index (κ3) is 3.60. The van der Waals surface area contributed by atoms with Crippen molar-refractivity contribution in [2.75, 3.05) is 13.1 Å². The van der Waals surface area contributed by atoms with Crippen LogP contribution < -0.4 is 5.32 Å². The van der Waals surface area contributed by atoms with Gasteiger partial charge in [0.15, 0.2) is 0 Å². The van der Waals surface area contributed by atoms with E-state index in [1.807, 2.05) is 0 Å². The van der Waals surface area contributed by atoms with Crippen molar-refractivity contribution in [3.8, 4) is 0 Å². The predicted octanol–water partition coefficient (Wildman–Crippen LogP) is 4.26. The maximum Gasteiger partial charge on any atom is 0.00111 e. The van der Waals surface area contributed by atoms with Gasteiger partial charge in [0.25, 0.3) is 0 Å². The summed E-state index contributed by atoms with van der Waals surface area (Å²) in [6.07, 6.45) is 5.46. The van der Waals surface area contributed by atoms with E-state index in [0.717, 1.165) is 12.5 Å². The van der Waals surface area contributed by atoms with Gasteiger partial charge in [-0.2, -0.15) is 0 Å². The zero-order valence-electron chi connectivity index (χ0n) is 13.1. The predicted molar refractivity (Wildman–Crippen MR) is 83.6 cm³/mol. The Kier molecular flexibility index (Phi) is 4.67. The van der Waals surface area contributed by atoms with Gasteiger partial charge in [0.2, 0.25) is 0 Å². The first kappa shape index (κ1) is 14.6. The molecule has 2 rings (SSSR count). The van der Waals surface area contributed by atoms with Crippen molar-refractivity contribution in [3.63, 3.8) is 0 Å². The van der Waals surface area contributed by atoms with E-state index < -0.39 is 0 Å². The van der Waals surface area contributed by atoms with Crippen molar-refractivity contribution in [2.24, 2.45) is 11.3 Å². The summed E-state index contributed by atoms with van der Waals surface area (Å²) in [4.78, 5) is 0. The SMILES string of the molecule is Cc1cccc(C)c1CC1(CNCC(C)C)CCC1. The quantitative estimate of drug-likeness (QED) is 0.805. The Hall–Kier alpha value is -0.820. The largest absolute Gasteiger partial charge is 0.316 e. The lowest BCUT2D eigenvalue weighted by Crippen LogP contribution is -2.42. The van der Waals surface area contributed by atoms with Crippen LogP contribution in [-0.2, 0) is 6.42 Å². The number of hydrogen-bond acceptors (Lipinski definition) is 1. The maximum absolute atomic E-state index is 3.69. The highest BCUT2D eigenvalue weighted by atomic mass is 14.9. The molecular weight excluding hydrogens is 230 g/mol. The number of aryl methyl sites for hydroxylation is 2. The molecule has 0 heterocycles. The molecule has 1 N–H and O–H groups in total. The second kappa shape index (κ2) is 6.09. The summed E-state index contributed by atoms with van der Waals surface area (Å²) in [5.41, 5.74) is 5.06. The lowest BCUT2D eigenvalue weighted by atomic mass is 9.64. The summed E-state index contributed by atoms with van der Waals surface area (Å²) in [5, 5.41) is 3.69. The third-order valence-electron chi connectivity index (χ3n) is 4.66. The second-order valence-corrected chi connectivity index (χ2v) is 6.93. The average molecular weight is 259 g/mol. The van der Waals surface area contributed by atoms with Gasteiger partial charge >= 0.3 is 0 Å². The molecule has 0 aliphatic heterocycles. The molecule has 1 fully saturated rings. The minimum absolute atomic E-state index is 0.533. The molecule has 0 amide bonds. The summed E-state index contributed by atoms with van der Waals surface area (Å²) in [5.74, 6) is 0.748. The van der Waals surface area contributed by atoms with E-state index in [0.29, 0.717) is 5.41 Å². The van der Waals surface area contributed by atoms with Gasteiger partial charge in [0.05, 0.1) is 0 Å². The van der Waals surface area contributed by atoms with Gasteiger partial charge in [-0.05, 0) is 67.7 Å². The highest BCUT2D eigenvalue weighted by molar-refractivity contribution is 5.34. The van der Waals surface area contributed by atoms with Gasteiger partial charge in [0.1, 0.15) is 0 Å². The standard InChI is InChI=1S/C18H29N/c1-14(2)12-19-13-18(9-6-10-18)11-17-15(3)7-5-8-16(17)4/h5,7-8,14,19H,6,9-13H2,1-4H3. The van der Waals surface area contributed by atoms with Crippen LogP contribution in [0.1, 0.15) is 49.8 Å². The van der Waals surface area contributed by atoms with Crippen molar-refractivity contribution in [1.82, 2.24) is 5.32 Å². The molecule has 19 heavy (non-hydrogen) atoms. The topological polar surface area (TPSA) is 12.0 Å². The molecule has 106 valence electrons. The van der Waals surface area contributed by atoms with E-state index in [9.17, 15) is 0 Å². The van der Waals surface area contributed by atoms with Crippen LogP contribution >= 0.6 is 0 Å². The lowest BCUT2D eigenvalue weighted by Gasteiger charge is -2.43. The zero-order valence-corrected chi connectivity index (χ0v) is 13.1. The summed E-state index contributed by atoms with van der Waals surface area (Å²) >= 11 is 0. The molecule has 1 aromatic rings. The molecule has 0 unspecified atom stereocenters. The fourth-order valence-corrected chi connectivity index (χ4v) is 3.22. The Morgan fingerprint density at radius 1 is 1.16 bits per heavy atom. The van der Waals surface area contributed by atoms with Crippen molar-refractivity contribution < 1.29 is 0 Å². The number of hydrogen-bond donors (Lipinski definition) is 1. The normalized spacial score (nSPS) is 17.5. The Morgan fingerprint density at radius 3 is 2.26 bits per heavy atom. The summed E-state index contributed by atoms with van der Waals surface area (Å²) in [6.45, 7) is 11.4. The van der Waals surface area contributed by atoms with E-state index in [4.69, 9.17) is 0 Å². The molecule has 0 saturated heterocycles. The summed E-state index contributed by atoms with van der Waals surface area (Å²) < 4.78 is 0. The van der Waals surface area contributed by atoms with E-state index in [1.165, 1.54) is 43.4 Å². The number of benzene rings is 1. The smallest absolute Gasteiger partial charge is 0.00111 e. The fraction of sp³-hybridized carbons (Fsp3) is 0.667. The van der Waals surface area contributed by atoms with E-state index in [2.05, 4.69) is 51.2 Å². The lowest BCUT2D eigenvalue weighted by molar-refractivity contribution is 0.128. The molecule has 1 aliphatic carbocycles.